The van der Waals surface area contributed by atoms with Gasteiger partial charge in [0.2, 0.25) is 0 Å². The van der Waals surface area contributed by atoms with Crippen molar-refractivity contribution in [3.05, 3.63) is 77.0 Å². The number of rotatable bonds is 7. The van der Waals surface area contributed by atoms with Gasteiger partial charge in [-0.1, -0.05) is 6.07 Å². The number of hydrogen-bond acceptors (Lipinski definition) is 6. The second-order valence-electron chi connectivity index (χ2n) is 9.29. The number of carbonyl (C=O) groups excluding carboxylic acids is 2. The first-order valence-electron chi connectivity index (χ1n) is 12.2. The van der Waals surface area contributed by atoms with Gasteiger partial charge in [-0.25, -0.2) is 4.98 Å². The predicted octanol–water partition coefficient (Wildman–Crippen LogP) is 4.81. The van der Waals surface area contributed by atoms with E-state index in [0.717, 1.165) is 31.0 Å². The van der Waals surface area contributed by atoms with Crippen LogP contribution in [0.4, 0.5) is 30.4 Å². The summed E-state index contributed by atoms with van der Waals surface area (Å²) < 4.78 is 46.6. The summed E-state index contributed by atoms with van der Waals surface area (Å²) in [4.78, 5) is 31.5. The Hall–Kier alpha value is -4.12. The van der Waals surface area contributed by atoms with E-state index in [0.29, 0.717) is 17.8 Å². The lowest BCUT2D eigenvalue weighted by Crippen LogP contribution is -2.31. The number of likely N-dealkylation sites (N-methyl/N-ethyl adjacent to an activating group) is 1. The molecular formula is C27H26F3N5O3. The summed E-state index contributed by atoms with van der Waals surface area (Å²) in [6.07, 6.45) is -1.28. The van der Waals surface area contributed by atoms with Gasteiger partial charge >= 0.3 is 6.18 Å². The van der Waals surface area contributed by atoms with Gasteiger partial charge in [0.05, 0.1) is 11.1 Å². The average molecular weight is 526 g/mol. The number of aromatic nitrogens is 1. The molecule has 11 heteroatoms. The third kappa shape index (κ3) is 5.28. The van der Waals surface area contributed by atoms with E-state index in [1.807, 2.05) is 7.05 Å². The molecule has 0 spiro atoms. The number of hydrogen-bond donors (Lipinski definition) is 3. The predicted molar refractivity (Wildman–Crippen MR) is 136 cm³/mol. The number of halogens is 3. The highest BCUT2D eigenvalue weighted by Crippen LogP contribution is 2.38. The van der Waals surface area contributed by atoms with E-state index < -0.39 is 17.6 Å². The molecule has 3 aromatic rings. The fourth-order valence-corrected chi connectivity index (χ4v) is 4.71. The van der Waals surface area contributed by atoms with Crippen molar-refractivity contribution < 1.29 is 27.5 Å². The summed E-state index contributed by atoms with van der Waals surface area (Å²) in [6.45, 7) is 1.33. The second-order valence-corrected chi connectivity index (χ2v) is 9.29. The van der Waals surface area contributed by atoms with Gasteiger partial charge in [0.15, 0.2) is 0 Å². The normalized spacial score (nSPS) is 17.2. The molecule has 0 saturated carbocycles. The van der Waals surface area contributed by atoms with Gasteiger partial charge in [0.1, 0.15) is 18.2 Å². The number of benzene rings is 2. The minimum absolute atomic E-state index is 0.0308. The largest absolute Gasteiger partial charge is 0.491 e. The smallest absolute Gasteiger partial charge is 0.419 e. The van der Waals surface area contributed by atoms with E-state index in [-0.39, 0.29) is 41.4 Å². The molecule has 5 rings (SSSR count). The molecule has 1 unspecified atom stereocenters. The first-order chi connectivity index (χ1) is 18.2. The van der Waals surface area contributed by atoms with E-state index in [9.17, 15) is 22.8 Å². The molecule has 0 aliphatic carbocycles. The molecule has 1 atom stereocenters. The number of carbonyl (C=O) groups is 2. The number of nitrogens with zero attached hydrogens (tertiary/aromatic N) is 2. The van der Waals surface area contributed by atoms with Gasteiger partial charge in [-0.15, -0.1) is 0 Å². The minimum Gasteiger partial charge on any atom is -0.491 e. The maximum atomic E-state index is 13.6. The van der Waals surface area contributed by atoms with Crippen LogP contribution < -0.4 is 20.7 Å². The van der Waals surface area contributed by atoms with Gasteiger partial charge in [-0.2, -0.15) is 13.2 Å². The van der Waals surface area contributed by atoms with Crippen LogP contribution in [0.1, 0.15) is 44.7 Å². The number of nitrogens with one attached hydrogen (secondary N) is 3. The number of ether oxygens (including phenoxy) is 1. The van der Waals surface area contributed by atoms with Crippen molar-refractivity contribution in [1.29, 1.82) is 0 Å². The molecule has 38 heavy (non-hydrogen) atoms. The first-order valence-corrected chi connectivity index (χ1v) is 12.2. The lowest BCUT2D eigenvalue weighted by molar-refractivity contribution is -0.139. The molecule has 3 heterocycles. The van der Waals surface area contributed by atoms with Gasteiger partial charge < -0.3 is 25.6 Å². The van der Waals surface area contributed by atoms with Crippen LogP contribution in [0.15, 0.2) is 54.7 Å². The van der Waals surface area contributed by atoms with Gasteiger partial charge in [0, 0.05) is 47.4 Å². The van der Waals surface area contributed by atoms with Crippen molar-refractivity contribution in [1.82, 2.24) is 15.2 Å². The summed E-state index contributed by atoms with van der Waals surface area (Å²) in [5.74, 6) is -0.839. The van der Waals surface area contributed by atoms with Crippen LogP contribution in [-0.2, 0) is 12.7 Å². The van der Waals surface area contributed by atoms with Crippen molar-refractivity contribution in [2.24, 2.45) is 0 Å². The molecule has 1 fully saturated rings. The zero-order valence-corrected chi connectivity index (χ0v) is 20.6. The SMILES string of the molecule is CN1CCCC1COc1cc(NC(=O)c2cccnc2Nc2cccc3c2CNC3=O)ccc1C(F)(F)F. The molecule has 1 saturated heterocycles. The lowest BCUT2D eigenvalue weighted by Gasteiger charge is -2.22. The summed E-state index contributed by atoms with van der Waals surface area (Å²) >= 11 is 0. The highest BCUT2D eigenvalue weighted by atomic mass is 19.4. The Bertz CT molecular complexity index is 1380. The fourth-order valence-electron chi connectivity index (χ4n) is 4.71. The zero-order valence-electron chi connectivity index (χ0n) is 20.6. The Morgan fingerprint density at radius 3 is 2.82 bits per heavy atom. The van der Waals surface area contributed by atoms with Gasteiger partial charge in [-0.05, 0) is 62.8 Å². The van der Waals surface area contributed by atoms with E-state index in [4.69, 9.17) is 4.74 Å². The molecule has 2 aliphatic rings. The van der Waals surface area contributed by atoms with E-state index in [1.54, 1.807) is 30.3 Å². The Morgan fingerprint density at radius 2 is 2.05 bits per heavy atom. The number of fused-ring (bicyclic) bond motifs is 1. The van der Waals surface area contributed by atoms with Crippen LogP contribution in [0.25, 0.3) is 0 Å². The van der Waals surface area contributed by atoms with Gasteiger partial charge in [-0.3, -0.25) is 9.59 Å². The standard InChI is InChI=1S/C27H26F3N5O3/c1-35-12-4-5-17(35)15-38-23-13-16(9-10-21(23)27(28,29)30)33-26(37)19-7-3-11-31-24(19)34-22-8-2-6-18-20(22)14-32-25(18)36/h2-3,6-11,13,17H,4-5,12,14-15H2,1H3,(H,31,34)(H,32,36)(H,33,37). The Balaban J connectivity index is 1.37. The van der Waals surface area contributed by atoms with Crippen LogP contribution in [0, 0.1) is 0 Å². The number of alkyl halides is 3. The molecule has 3 N–H and O–H groups in total. The van der Waals surface area contributed by atoms with Crippen LogP contribution in [0.3, 0.4) is 0 Å². The van der Waals surface area contributed by atoms with Crippen LogP contribution in [-0.4, -0.2) is 47.9 Å². The molecule has 1 aromatic heterocycles. The van der Waals surface area contributed by atoms with Crippen LogP contribution in [0.5, 0.6) is 5.75 Å². The van der Waals surface area contributed by atoms with Crippen molar-refractivity contribution in [3.63, 3.8) is 0 Å². The Kier molecular flexibility index (Phi) is 6.94. The highest BCUT2D eigenvalue weighted by Gasteiger charge is 2.35. The number of amides is 2. The van der Waals surface area contributed by atoms with Crippen molar-refractivity contribution >= 4 is 29.0 Å². The van der Waals surface area contributed by atoms with Gasteiger partial charge in [0.25, 0.3) is 11.8 Å². The van der Waals surface area contributed by atoms with E-state index in [1.165, 1.54) is 18.3 Å². The first kappa shape index (κ1) is 25.5. The highest BCUT2D eigenvalue weighted by molar-refractivity contribution is 6.08. The summed E-state index contributed by atoms with van der Waals surface area (Å²) in [5.41, 5.74) is 1.35. The molecule has 2 aromatic carbocycles. The summed E-state index contributed by atoms with van der Waals surface area (Å²) in [5, 5.41) is 8.53. The average Bonchev–Trinajstić information content (AvgIpc) is 3.48. The minimum atomic E-state index is -4.61. The molecule has 0 radical (unpaired) electrons. The monoisotopic (exact) mass is 525 g/mol. The molecule has 0 bridgehead atoms. The molecule has 8 nitrogen and oxygen atoms in total. The fraction of sp³-hybridized carbons (Fsp3) is 0.296. The van der Waals surface area contributed by atoms with Crippen molar-refractivity contribution in [2.75, 3.05) is 30.8 Å². The molecule has 198 valence electrons. The second kappa shape index (κ2) is 10.3. The van der Waals surface area contributed by atoms with Crippen LogP contribution in [0.2, 0.25) is 0 Å². The van der Waals surface area contributed by atoms with E-state index in [2.05, 4.69) is 25.8 Å². The third-order valence-corrected chi connectivity index (χ3v) is 6.80. The maximum absolute atomic E-state index is 13.6. The number of pyridine rings is 1. The molecular weight excluding hydrogens is 499 g/mol. The maximum Gasteiger partial charge on any atom is 0.419 e. The van der Waals surface area contributed by atoms with Crippen molar-refractivity contribution in [3.8, 4) is 5.75 Å². The number of anilines is 3. The Labute approximate surface area is 217 Å². The summed E-state index contributed by atoms with van der Waals surface area (Å²) in [6, 6.07) is 11.7. The molecule has 2 aliphatic heterocycles. The van der Waals surface area contributed by atoms with Crippen LogP contribution >= 0.6 is 0 Å². The number of likely N-dealkylation sites (tertiary alicyclic amines) is 1. The van der Waals surface area contributed by atoms with Crippen molar-refractivity contribution in [2.45, 2.75) is 31.6 Å². The third-order valence-electron chi connectivity index (χ3n) is 6.80. The topological polar surface area (TPSA) is 95.6 Å². The molecule has 2 amide bonds. The zero-order chi connectivity index (χ0) is 26.9. The summed E-state index contributed by atoms with van der Waals surface area (Å²) in [7, 11) is 1.92. The van der Waals surface area contributed by atoms with E-state index >= 15 is 0 Å². The lowest BCUT2D eigenvalue weighted by atomic mass is 10.1. The Morgan fingerprint density at radius 1 is 1.21 bits per heavy atom. The quantitative estimate of drug-likeness (QED) is 0.410.